The highest BCUT2D eigenvalue weighted by Crippen LogP contribution is 2.41. The van der Waals surface area contributed by atoms with Gasteiger partial charge in [-0.05, 0) is 57.0 Å². The van der Waals surface area contributed by atoms with Crippen molar-refractivity contribution < 1.29 is 9.53 Å². The van der Waals surface area contributed by atoms with Crippen molar-refractivity contribution in [3.05, 3.63) is 76.6 Å². The number of aryl methyl sites for hydroxylation is 2. The van der Waals surface area contributed by atoms with Crippen molar-refractivity contribution in [2.24, 2.45) is 0 Å². The molecule has 1 saturated carbocycles. The Bertz CT molecular complexity index is 1600. The molecule has 0 spiro atoms. The third-order valence-corrected chi connectivity index (χ3v) is 7.05. The smallest absolute Gasteiger partial charge is 0.258 e. The van der Waals surface area contributed by atoms with Gasteiger partial charge in [0.15, 0.2) is 16.6 Å². The zero-order chi connectivity index (χ0) is 24.8. The molecule has 1 aromatic carbocycles. The number of aromatic nitrogens is 5. The minimum atomic E-state index is -0.231. The summed E-state index contributed by atoms with van der Waals surface area (Å²) in [6.45, 7) is 3.92. The molecule has 0 unspecified atom stereocenters. The van der Waals surface area contributed by atoms with Gasteiger partial charge in [0.1, 0.15) is 5.75 Å². The summed E-state index contributed by atoms with van der Waals surface area (Å²) >= 11 is 1.38. The molecule has 1 aliphatic carbocycles. The number of rotatable bonds is 6. The SMILES string of the molecule is COc1ccc(C)cc1-c1csc(NC(=O)c2cc(C3CC3)nc3c2c(C)nn3-c2ccccn2)n1. The van der Waals surface area contributed by atoms with Gasteiger partial charge >= 0.3 is 0 Å². The Morgan fingerprint density at radius 1 is 1.14 bits per heavy atom. The predicted octanol–water partition coefficient (Wildman–Crippen LogP) is 5.69. The Balaban J connectivity index is 1.39. The summed E-state index contributed by atoms with van der Waals surface area (Å²) in [4.78, 5) is 27.6. The number of fused-ring (bicyclic) bond motifs is 1. The van der Waals surface area contributed by atoms with E-state index in [0.717, 1.165) is 52.2 Å². The summed E-state index contributed by atoms with van der Waals surface area (Å²) in [6, 6.07) is 13.5. The molecule has 8 nitrogen and oxygen atoms in total. The molecular formula is C27H24N6O2S. The van der Waals surface area contributed by atoms with Crippen LogP contribution >= 0.6 is 11.3 Å². The first kappa shape index (κ1) is 22.4. The summed E-state index contributed by atoms with van der Waals surface area (Å²) in [5.74, 6) is 1.55. The molecule has 180 valence electrons. The first-order valence-electron chi connectivity index (χ1n) is 11.8. The van der Waals surface area contributed by atoms with Crippen molar-refractivity contribution in [1.29, 1.82) is 0 Å². The minimum Gasteiger partial charge on any atom is -0.496 e. The largest absolute Gasteiger partial charge is 0.496 e. The molecule has 0 bridgehead atoms. The fraction of sp³-hybridized carbons (Fsp3) is 0.222. The highest BCUT2D eigenvalue weighted by Gasteiger charge is 2.29. The summed E-state index contributed by atoms with van der Waals surface area (Å²) in [5.41, 5.74) is 5.58. The monoisotopic (exact) mass is 496 g/mol. The number of hydrogen-bond acceptors (Lipinski definition) is 7. The van der Waals surface area contributed by atoms with E-state index in [4.69, 9.17) is 9.72 Å². The van der Waals surface area contributed by atoms with Crippen LogP contribution in [0, 0.1) is 13.8 Å². The van der Waals surface area contributed by atoms with Gasteiger partial charge in [-0.3, -0.25) is 10.1 Å². The maximum absolute atomic E-state index is 13.6. The summed E-state index contributed by atoms with van der Waals surface area (Å²) in [5, 5.41) is 10.9. The third-order valence-electron chi connectivity index (χ3n) is 6.29. The van der Waals surface area contributed by atoms with Gasteiger partial charge in [-0.2, -0.15) is 9.78 Å². The highest BCUT2D eigenvalue weighted by molar-refractivity contribution is 7.14. The first-order valence-corrected chi connectivity index (χ1v) is 12.6. The number of pyridine rings is 2. The number of benzene rings is 1. The summed E-state index contributed by atoms with van der Waals surface area (Å²) < 4.78 is 7.23. The highest BCUT2D eigenvalue weighted by atomic mass is 32.1. The number of nitrogens with zero attached hydrogens (tertiary/aromatic N) is 5. The zero-order valence-electron chi connectivity index (χ0n) is 20.1. The van der Waals surface area contributed by atoms with Gasteiger partial charge in [0, 0.05) is 28.8 Å². The fourth-order valence-electron chi connectivity index (χ4n) is 4.36. The second-order valence-electron chi connectivity index (χ2n) is 8.95. The molecule has 5 aromatic rings. The molecule has 0 radical (unpaired) electrons. The van der Waals surface area contributed by atoms with Crippen molar-refractivity contribution in [3.63, 3.8) is 0 Å². The number of methoxy groups -OCH3 is 1. The Kier molecular flexibility index (Phi) is 5.49. The molecule has 1 amide bonds. The van der Waals surface area contributed by atoms with E-state index < -0.39 is 0 Å². The van der Waals surface area contributed by atoms with E-state index in [1.807, 2.05) is 61.7 Å². The molecule has 36 heavy (non-hydrogen) atoms. The number of carbonyl (C=O) groups is 1. The maximum Gasteiger partial charge on any atom is 0.258 e. The van der Waals surface area contributed by atoms with Crippen LogP contribution in [0.4, 0.5) is 5.13 Å². The molecule has 4 aromatic heterocycles. The van der Waals surface area contributed by atoms with Crippen LogP contribution < -0.4 is 10.1 Å². The lowest BCUT2D eigenvalue weighted by Crippen LogP contribution is -2.13. The van der Waals surface area contributed by atoms with Gasteiger partial charge in [-0.15, -0.1) is 11.3 Å². The van der Waals surface area contributed by atoms with E-state index >= 15 is 0 Å². The topological polar surface area (TPSA) is 94.8 Å². The number of hydrogen-bond donors (Lipinski definition) is 1. The fourth-order valence-corrected chi connectivity index (χ4v) is 5.06. The van der Waals surface area contributed by atoms with Crippen molar-refractivity contribution in [2.45, 2.75) is 32.6 Å². The zero-order valence-corrected chi connectivity index (χ0v) is 21.0. The molecular weight excluding hydrogens is 472 g/mol. The quantitative estimate of drug-likeness (QED) is 0.324. The summed E-state index contributed by atoms with van der Waals surface area (Å²) in [7, 11) is 1.64. The maximum atomic E-state index is 13.6. The van der Waals surface area contributed by atoms with Crippen molar-refractivity contribution in [2.75, 3.05) is 12.4 Å². The van der Waals surface area contributed by atoms with Gasteiger partial charge in [0.2, 0.25) is 0 Å². The molecule has 1 fully saturated rings. The lowest BCUT2D eigenvalue weighted by atomic mass is 10.1. The van der Waals surface area contributed by atoms with Gasteiger partial charge in [-0.1, -0.05) is 17.7 Å². The van der Waals surface area contributed by atoms with E-state index in [1.54, 1.807) is 18.0 Å². The van der Waals surface area contributed by atoms with Gasteiger partial charge in [0.05, 0.1) is 29.4 Å². The van der Waals surface area contributed by atoms with Crippen molar-refractivity contribution >= 4 is 33.4 Å². The molecule has 0 aliphatic heterocycles. The number of amides is 1. The Morgan fingerprint density at radius 2 is 2.00 bits per heavy atom. The van der Waals surface area contributed by atoms with Crippen LogP contribution in [-0.4, -0.2) is 37.7 Å². The van der Waals surface area contributed by atoms with Crippen LogP contribution in [-0.2, 0) is 0 Å². The number of carbonyl (C=O) groups excluding carboxylic acids is 1. The second-order valence-corrected chi connectivity index (χ2v) is 9.81. The second kappa shape index (κ2) is 8.83. The average molecular weight is 497 g/mol. The van der Waals surface area contributed by atoms with E-state index in [1.165, 1.54) is 11.3 Å². The lowest BCUT2D eigenvalue weighted by Gasteiger charge is -2.08. The van der Waals surface area contributed by atoms with Gasteiger partial charge in [-0.25, -0.2) is 15.0 Å². The first-order chi connectivity index (χ1) is 17.5. The van der Waals surface area contributed by atoms with Crippen LogP contribution in [0.2, 0.25) is 0 Å². The number of nitrogens with one attached hydrogen (secondary N) is 1. The number of thiazole rings is 1. The molecule has 4 heterocycles. The van der Waals surface area contributed by atoms with Crippen LogP contribution in [0.3, 0.4) is 0 Å². The molecule has 1 N–H and O–H groups in total. The normalized spacial score (nSPS) is 13.2. The average Bonchev–Trinajstić information content (AvgIpc) is 3.56. The van der Waals surface area contributed by atoms with Crippen LogP contribution in [0.25, 0.3) is 28.1 Å². The number of ether oxygens (including phenoxy) is 1. The van der Waals surface area contributed by atoms with E-state index in [9.17, 15) is 4.79 Å². The van der Waals surface area contributed by atoms with Crippen LogP contribution in [0.1, 0.15) is 46.1 Å². The third kappa shape index (κ3) is 4.01. The van der Waals surface area contributed by atoms with Crippen LogP contribution in [0.5, 0.6) is 5.75 Å². The molecule has 0 saturated heterocycles. The van der Waals surface area contributed by atoms with E-state index in [0.29, 0.717) is 28.1 Å². The molecule has 0 atom stereocenters. The Hall–Kier alpha value is -4.11. The van der Waals surface area contributed by atoms with E-state index in [-0.39, 0.29) is 5.91 Å². The van der Waals surface area contributed by atoms with Gasteiger partial charge in [0.25, 0.3) is 5.91 Å². The predicted molar refractivity (Wildman–Crippen MR) is 140 cm³/mol. The minimum absolute atomic E-state index is 0.231. The van der Waals surface area contributed by atoms with E-state index in [2.05, 4.69) is 20.4 Å². The number of anilines is 1. The Morgan fingerprint density at radius 3 is 2.75 bits per heavy atom. The van der Waals surface area contributed by atoms with Crippen LogP contribution in [0.15, 0.2) is 54.0 Å². The molecule has 6 rings (SSSR count). The Labute approximate surface area is 212 Å². The van der Waals surface area contributed by atoms with Gasteiger partial charge < -0.3 is 4.74 Å². The molecule has 9 heteroatoms. The lowest BCUT2D eigenvalue weighted by molar-refractivity contribution is 0.102. The van der Waals surface area contributed by atoms with Crippen molar-refractivity contribution in [1.82, 2.24) is 24.7 Å². The summed E-state index contributed by atoms with van der Waals surface area (Å²) in [6.07, 6.45) is 3.87. The van der Waals surface area contributed by atoms with Crippen molar-refractivity contribution in [3.8, 4) is 22.8 Å². The standard InChI is InChI=1S/C27H24N6O2S/c1-15-7-10-22(35-3)18(12-15)21-14-36-27(30-21)31-26(34)19-13-20(17-8-9-17)29-25-24(19)16(2)32-33(25)23-6-4-5-11-28-23/h4-7,10-14,17H,8-9H2,1-3H3,(H,30,31,34). The molecule has 1 aliphatic rings.